The Hall–Kier alpha value is -0.610. The van der Waals surface area contributed by atoms with Crippen molar-refractivity contribution < 1.29 is 4.79 Å². The van der Waals surface area contributed by atoms with Crippen LogP contribution in [0.15, 0.2) is 0 Å². The van der Waals surface area contributed by atoms with E-state index in [0.717, 1.165) is 25.8 Å². The van der Waals surface area contributed by atoms with Crippen LogP contribution in [0, 0.1) is 5.92 Å². The Morgan fingerprint density at radius 3 is 2.71 bits per heavy atom. The zero-order valence-electron chi connectivity index (χ0n) is 10.4. The molecule has 3 fully saturated rings. The number of rotatable bonds is 1. The van der Waals surface area contributed by atoms with Crippen LogP contribution >= 0.6 is 0 Å². The van der Waals surface area contributed by atoms with Crippen LogP contribution in [-0.2, 0) is 4.79 Å². The van der Waals surface area contributed by atoms with Crippen LogP contribution in [-0.4, -0.2) is 42.0 Å². The van der Waals surface area contributed by atoms with E-state index < -0.39 is 0 Å². The molecular formula is C13H23N3O. The van der Waals surface area contributed by atoms with Gasteiger partial charge in [-0.2, -0.15) is 0 Å². The molecule has 2 heterocycles. The number of nitrogens with zero attached hydrogens (tertiary/aromatic N) is 1. The highest BCUT2D eigenvalue weighted by Crippen LogP contribution is 2.33. The molecule has 4 heteroatoms. The third-order valence-corrected chi connectivity index (χ3v) is 4.85. The number of likely N-dealkylation sites (tertiary alicyclic amines) is 1. The quantitative estimate of drug-likeness (QED) is 0.697. The molecule has 3 N–H and O–H groups in total. The number of fused-ring (bicyclic) bond motifs is 1. The predicted molar refractivity (Wildman–Crippen MR) is 66.5 cm³/mol. The van der Waals surface area contributed by atoms with E-state index in [2.05, 4.69) is 10.2 Å². The van der Waals surface area contributed by atoms with Gasteiger partial charge in [0.2, 0.25) is 5.91 Å². The zero-order chi connectivity index (χ0) is 11.8. The molecule has 2 aliphatic heterocycles. The summed E-state index contributed by atoms with van der Waals surface area (Å²) in [5, 5.41) is 3.03. The summed E-state index contributed by atoms with van der Waals surface area (Å²) < 4.78 is 0. The molecule has 96 valence electrons. The Balaban J connectivity index is 1.68. The first-order valence-electron chi connectivity index (χ1n) is 7.05. The maximum Gasteiger partial charge on any atom is 0.224 e. The smallest absolute Gasteiger partial charge is 0.224 e. The highest BCUT2D eigenvalue weighted by molar-refractivity contribution is 5.82. The number of carbonyl (C=O) groups is 1. The summed E-state index contributed by atoms with van der Waals surface area (Å²) in [5.41, 5.74) is 5.97. The Bertz CT molecular complexity index is 299. The van der Waals surface area contributed by atoms with Gasteiger partial charge >= 0.3 is 0 Å². The highest BCUT2D eigenvalue weighted by atomic mass is 16.2. The molecule has 3 rings (SSSR count). The van der Waals surface area contributed by atoms with E-state index in [-0.39, 0.29) is 11.8 Å². The van der Waals surface area contributed by atoms with Gasteiger partial charge in [0.1, 0.15) is 0 Å². The molecule has 0 aromatic heterocycles. The fourth-order valence-corrected chi connectivity index (χ4v) is 3.87. The summed E-state index contributed by atoms with van der Waals surface area (Å²) >= 11 is 0. The number of amides is 1. The van der Waals surface area contributed by atoms with Gasteiger partial charge in [-0.1, -0.05) is 0 Å². The van der Waals surface area contributed by atoms with Crippen LogP contribution in [0.3, 0.4) is 0 Å². The van der Waals surface area contributed by atoms with Crippen molar-refractivity contribution in [3.05, 3.63) is 0 Å². The number of nitrogens with one attached hydrogen (secondary N) is 1. The van der Waals surface area contributed by atoms with Crippen molar-refractivity contribution in [2.75, 3.05) is 13.1 Å². The summed E-state index contributed by atoms with van der Waals surface area (Å²) in [7, 11) is 0. The van der Waals surface area contributed by atoms with Gasteiger partial charge in [-0.3, -0.25) is 9.69 Å². The normalized spacial score (nSPS) is 43.2. The lowest BCUT2D eigenvalue weighted by Crippen LogP contribution is -2.52. The van der Waals surface area contributed by atoms with Gasteiger partial charge in [0.25, 0.3) is 0 Å². The first-order chi connectivity index (χ1) is 8.25. The first kappa shape index (κ1) is 11.5. The molecule has 1 aliphatic carbocycles. The molecule has 0 bridgehead atoms. The number of carbonyl (C=O) groups excluding carboxylic acids is 1. The molecule has 0 radical (unpaired) electrons. The molecular weight excluding hydrogens is 214 g/mol. The molecule has 2 unspecified atom stereocenters. The van der Waals surface area contributed by atoms with Gasteiger partial charge in [0.15, 0.2) is 0 Å². The summed E-state index contributed by atoms with van der Waals surface area (Å²) in [6.45, 7) is 2.04. The molecule has 3 aliphatic rings. The SMILES string of the molecule is NC1CCC(N2CCCC3C(=O)NCC32)CC1. The van der Waals surface area contributed by atoms with Crippen molar-refractivity contribution in [2.24, 2.45) is 11.7 Å². The fraction of sp³-hybridized carbons (Fsp3) is 0.923. The topological polar surface area (TPSA) is 58.4 Å². The van der Waals surface area contributed by atoms with Crippen molar-refractivity contribution in [2.45, 2.75) is 56.7 Å². The minimum Gasteiger partial charge on any atom is -0.354 e. The van der Waals surface area contributed by atoms with Crippen LogP contribution < -0.4 is 11.1 Å². The minimum atomic E-state index is 0.263. The second kappa shape index (κ2) is 4.58. The van der Waals surface area contributed by atoms with Crippen LogP contribution in [0.25, 0.3) is 0 Å². The van der Waals surface area contributed by atoms with E-state index >= 15 is 0 Å². The second-order valence-electron chi connectivity index (χ2n) is 5.87. The Labute approximate surface area is 103 Å². The van der Waals surface area contributed by atoms with Crippen LogP contribution in [0.1, 0.15) is 38.5 Å². The van der Waals surface area contributed by atoms with Crippen molar-refractivity contribution in [1.82, 2.24) is 10.2 Å². The van der Waals surface area contributed by atoms with E-state index in [1.807, 2.05) is 0 Å². The van der Waals surface area contributed by atoms with Gasteiger partial charge in [0, 0.05) is 24.7 Å². The van der Waals surface area contributed by atoms with Crippen molar-refractivity contribution in [1.29, 1.82) is 0 Å². The lowest BCUT2D eigenvalue weighted by atomic mass is 9.85. The van der Waals surface area contributed by atoms with Gasteiger partial charge in [-0.15, -0.1) is 0 Å². The molecule has 17 heavy (non-hydrogen) atoms. The molecule has 0 aromatic carbocycles. The number of hydrogen-bond donors (Lipinski definition) is 2. The van der Waals surface area contributed by atoms with E-state index in [4.69, 9.17) is 5.73 Å². The summed E-state index contributed by atoms with van der Waals surface area (Å²) in [6.07, 6.45) is 7.01. The van der Waals surface area contributed by atoms with Crippen molar-refractivity contribution in [3.63, 3.8) is 0 Å². The molecule has 0 spiro atoms. The maximum absolute atomic E-state index is 11.7. The van der Waals surface area contributed by atoms with E-state index in [1.165, 1.54) is 25.8 Å². The predicted octanol–water partition coefficient (Wildman–Crippen LogP) is 0.467. The Kier molecular flexibility index (Phi) is 3.09. The van der Waals surface area contributed by atoms with Crippen molar-refractivity contribution >= 4 is 5.91 Å². The molecule has 1 saturated carbocycles. The monoisotopic (exact) mass is 237 g/mol. The minimum absolute atomic E-state index is 0.263. The fourth-order valence-electron chi connectivity index (χ4n) is 3.87. The van der Waals surface area contributed by atoms with Gasteiger partial charge in [0.05, 0.1) is 5.92 Å². The Morgan fingerprint density at radius 2 is 1.94 bits per heavy atom. The van der Waals surface area contributed by atoms with E-state index in [1.54, 1.807) is 0 Å². The van der Waals surface area contributed by atoms with Gasteiger partial charge in [-0.25, -0.2) is 0 Å². The lowest BCUT2D eigenvalue weighted by molar-refractivity contribution is -0.124. The molecule has 2 atom stereocenters. The number of hydrogen-bond acceptors (Lipinski definition) is 3. The summed E-state index contributed by atoms with van der Waals surface area (Å²) in [5.74, 6) is 0.548. The first-order valence-corrected chi connectivity index (χ1v) is 7.05. The number of nitrogens with two attached hydrogens (primary N) is 1. The van der Waals surface area contributed by atoms with Crippen molar-refractivity contribution in [3.8, 4) is 0 Å². The molecule has 1 amide bonds. The number of piperidine rings is 1. The maximum atomic E-state index is 11.7. The third kappa shape index (κ3) is 2.08. The molecule has 4 nitrogen and oxygen atoms in total. The standard InChI is InChI=1S/C13H23N3O/c14-9-3-5-10(6-4-9)16-7-1-2-11-12(16)8-15-13(11)17/h9-12H,1-8,14H2,(H,15,17). The zero-order valence-corrected chi connectivity index (χ0v) is 10.4. The average molecular weight is 237 g/mol. The molecule has 2 saturated heterocycles. The third-order valence-electron chi connectivity index (χ3n) is 4.85. The average Bonchev–Trinajstić information content (AvgIpc) is 2.73. The summed E-state index contributed by atoms with van der Waals surface area (Å²) in [6, 6.07) is 1.56. The van der Waals surface area contributed by atoms with Gasteiger partial charge in [-0.05, 0) is 45.1 Å². The van der Waals surface area contributed by atoms with Gasteiger partial charge < -0.3 is 11.1 Å². The molecule has 0 aromatic rings. The second-order valence-corrected chi connectivity index (χ2v) is 5.87. The van der Waals surface area contributed by atoms with Crippen LogP contribution in [0.4, 0.5) is 0 Å². The Morgan fingerprint density at radius 1 is 1.18 bits per heavy atom. The van der Waals surface area contributed by atoms with E-state index in [0.29, 0.717) is 18.1 Å². The lowest BCUT2D eigenvalue weighted by Gasteiger charge is -2.43. The largest absolute Gasteiger partial charge is 0.354 e. The summed E-state index contributed by atoms with van der Waals surface area (Å²) in [4.78, 5) is 14.3. The highest BCUT2D eigenvalue weighted by Gasteiger charge is 2.43. The van der Waals surface area contributed by atoms with E-state index in [9.17, 15) is 4.79 Å². The van der Waals surface area contributed by atoms with Crippen LogP contribution in [0.2, 0.25) is 0 Å². The van der Waals surface area contributed by atoms with Crippen LogP contribution in [0.5, 0.6) is 0 Å².